The highest BCUT2D eigenvalue weighted by atomic mass is 32.2. The molecule has 0 radical (unpaired) electrons. The SMILES string of the molecule is C[C@H]1CCc2c(sc3ncnc(SCC(=O)N(C)Cc4ccccc4)c23)C1. The van der Waals surface area contributed by atoms with E-state index in [2.05, 4.69) is 16.9 Å². The van der Waals surface area contributed by atoms with Gasteiger partial charge in [-0.05, 0) is 36.3 Å². The van der Waals surface area contributed by atoms with Gasteiger partial charge in [-0.2, -0.15) is 0 Å². The number of nitrogens with zero attached hydrogens (tertiary/aromatic N) is 3. The third-order valence-electron chi connectivity index (χ3n) is 5.08. The van der Waals surface area contributed by atoms with Crippen LogP contribution in [0, 0.1) is 5.92 Å². The van der Waals surface area contributed by atoms with Crippen LogP contribution in [0.1, 0.15) is 29.3 Å². The number of hydrogen-bond donors (Lipinski definition) is 0. The van der Waals surface area contributed by atoms with E-state index < -0.39 is 0 Å². The number of carbonyl (C=O) groups is 1. The lowest BCUT2D eigenvalue weighted by atomic mass is 9.89. The molecule has 0 saturated carbocycles. The molecule has 1 aliphatic carbocycles. The summed E-state index contributed by atoms with van der Waals surface area (Å²) in [6, 6.07) is 10.1. The molecule has 0 unspecified atom stereocenters. The van der Waals surface area contributed by atoms with Gasteiger partial charge in [-0.15, -0.1) is 11.3 Å². The summed E-state index contributed by atoms with van der Waals surface area (Å²) < 4.78 is 0. The average molecular weight is 398 g/mol. The molecule has 0 saturated heterocycles. The first kappa shape index (κ1) is 18.4. The normalized spacial score (nSPS) is 16.3. The molecule has 4 nitrogen and oxygen atoms in total. The van der Waals surface area contributed by atoms with E-state index in [1.807, 2.05) is 37.4 Å². The highest BCUT2D eigenvalue weighted by molar-refractivity contribution is 8.00. The van der Waals surface area contributed by atoms with Crippen LogP contribution in [0.5, 0.6) is 0 Å². The summed E-state index contributed by atoms with van der Waals surface area (Å²) in [6.07, 6.45) is 5.09. The molecule has 1 atom stereocenters. The second-order valence-electron chi connectivity index (χ2n) is 7.23. The topological polar surface area (TPSA) is 46.1 Å². The lowest BCUT2D eigenvalue weighted by Gasteiger charge is -2.18. The number of fused-ring (bicyclic) bond motifs is 3. The second-order valence-corrected chi connectivity index (χ2v) is 9.28. The van der Waals surface area contributed by atoms with E-state index in [9.17, 15) is 4.79 Å². The van der Waals surface area contributed by atoms with Crippen molar-refractivity contribution in [2.45, 2.75) is 37.8 Å². The molecule has 140 valence electrons. The van der Waals surface area contributed by atoms with Crippen molar-refractivity contribution < 1.29 is 4.79 Å². The Bertz CT molecular complexity index is 955. The van der Waals surface area contributed by atoms with Crippen molar-refractivity contribution >= 4 is 39.2 Å². The van der Waals surface area contributed by atoms with Gasteiger partial charge in [-0.25, -0.2) is 9.97 Å². The predicted octanol–water partition coefficient (Wildman–Crippen LogP) is 4.57. The smallest absolute Gasteiger partial charge is 0.233 e. The standard InChI is InChI=1S/C21H23N3OS2/c1-14-8-9-16-17(10-14)27-21-19(16)20(22-13-23-21)26-12-18(25)24(2)11-15-6-4-3-5-7-15/h3-7,13-14H,8-12H2,1-2H3/t14-/m0/s1. The number of carbonyl (C=O) groups excluding carboxylic acids is 1. The number of thiophene rings is 1. The number of thioether (sulfide) groups is 1. The fourth-order valence-electron chi connectivity index (χ4n) is 3.54. The third-order valence-corrected chi connectivity index (χ3v) is 7.21. The van der Waals surface area contributed by atoms with Crippen molar-refractivity contribution in [1.82, 2.24) is 14.9 Å². The number of aromatic nitrogens is 2. The first-order valence-electron chi connectivity index (χ1n) is 9.27. The summed E-state index contributed by atoms with van der Waals surface area (Å²) in [4.78, 5) is 25.9. The van der Waals surface area contributed by atoms with Gasteiger partial charge >= 0.3 is 0 Å². The first-order valence-corrected chi connectivity index (χ1v) is 11.1. The van der Waals surface area contributed by atoms with Crippen LogP contribution in [-0.2, 0) is 24.2 Å². The maximum Gasteiger partial charge on any atom is 0.233 e. The van der Waals surface area contributed by atoms with E-state index in [1.165, 1.54) is 34.0 Å². The summed E-state index contributed by atoms with van der Waals surface area (Å²) in [5.41, 5.74) is 2.56. The molecule has 0 spiro atoms. The fourth-order valence-corrected chi connectivity index (χ4v) is 5.92. The Hall–Kier alpha value is -1.92. The molecule has 3 aromatic rings. The van der Waals surface area contributed by atoms with Gasteiger partial charge in [0.05, 0.1) is 5.75 Å². The van der Waals surface area contributed by atoms with Gasteiger partial charge in [-0.1, -0.05) is 49.0 Å². The minimum atomic E-state index is 0.119. The van der Waals surface area contributed by atoms with Gasteiger partial charge in [0.25, 0.3) is 0 Å². The van der Waals surface area contributed by atoms with Gasteiger partial charge < -0.3 is 4.90 Å². The Labute approximate surface area is 168 Å². The fraction of sp³-hybridized carbons (Fsp3) is 0.381. The quantitative estimate of drug-likeness (QED) is 0.467. The van der Waals surface area contributed by atoms with E-state index in [0.717, 1.165) is 34.2 Å². The van der Waals surface area contributed by atoms with Gasteiger partial charge in [-0.3, -0.25) is 4.79 Å². The molecular formula is C21H23N3OS2. The number of aryl methyl sites for hydroxylation is 1. The van der Waals surface area contributed by atoms with E-state index in [-0.39, 0.29) is 5.91 Å². The van der Waals surface area contributed by atoms with Crippen LogP contribution in [0.15, 0.2) is 41.7 Å². The number of amides is 1. The second kappa shape index (κ2) is 7.98. The molecule has 1 amide bonds. The molecule has 0 N–H and O–H groups in total. The van der Waals surface area contributed by atoms with E-state index in [1.54, 1.807) is 22.6 Å². The van der Waals surface area contributed by atoms with Crippen LogP contribution in [-0.4, -0.2) is 33.6 Å². The summed E-state index contributed by atoms with van der Waals surface area (Å²) in [6.45, 7) is 2.95. The zero-order valence-electron chi connectivity index (χ0n) is 15.6. The minimum absolute atomic E-state index is 0.119. The van der Waals surface area contributed by atoms with Crippen LogP contribution in [0.2, 0.25) is 0 Å². The Balaban J connectivity index is 1.48. The largest absolute Gasteiger partial charge is 0.341 e. The van der Waals surface area contributed by atoms with Crippen molar-refractivity contribution in [1.29, 1.82) is 0 Å². The minimum Gasteiger partial charge on any atom is -0.341 e. The van der Waals surface area contributed by atoms with Crippen LogP contribution in [0.3, 0.4) is 0 Å². The van der Waals surface area contributed by atoms with Gasteiger partial charge in [0, 0.05) is 23.9 Å². The molecule has 2 heterocycles. The Morgan fingerprint density at radius 2 is 2.11 bits per heavy atom. The monoisotopic (exact) mass is 397 g/mol. The van der Waals surface area contributed by atoms with Crippen LogP contribution in [0.25, 0.3) is 10.2 Å². The van der Waals surface area contributed by atoms with Crippen molar-refractivity contribution in [3.63, 3.8) is 0 Å². The maximum absolute atomic E-state index is 12.6. The number of rotatable bonds is 5. The Morgan fingerprint density at radius 3 is 2.93 bits per heavy atom. The lowest BCUT2D eigenvalue weighted by Crippen LogP contribution is -2.27. The van der Waals surface area contributed by atoms with Gasteiger partial charge in [0.2, 0.25) is 5.91 Å². The number of hydrogen-bond acceptors (Lipinski definition) is 5. The predicted molar refractivity (Wildman–Crippen MR) is 112 cm³/mol. The van der Waals surface area contributed by atoms with Crippen molar-refractivity contribution in [2.75, 3.05) is 12.8 Å². The van der Waals surface area contributed by atoms with Gasteiger partial charge in [0.1, 0.15) is 16.2 Å². The summed E-state index contributed by atoms with van der Waals surface area (Å²) in [5, 5.41) is 2.14. The molecule has 2 aromatic heterocycles. The lowest BCUT2D eigenvalue weighted by molar-refractivity contribution is -0.127. The highest BCUT2D eigenvalue weighted by Crippen LogP contribution is 2.40. The van der Waals surface area contributed by atoms with E-state index in [0.29, 0.717) is 12.3 Å². The molecule has 0 bridgehead atoms. The molecule has 27 heavy (non-hydrogen) atoms. The van der Waals surface area contributed by atoms with E-state index in [4.69, 9.17) is 0 Å². The average Bonchev–Trinajstić information content (AvgIpc) is 3.04. The molecule has 0 fully saturated rings. The van der Waals surface area contributed by atoms with E-state index >= 15 is 0 Å². The Morgan fingerprint density at radius 1 is 1.30 bits per heavy atom. The molecule has 4 rings (SSSR count). The van der Waals surface area contributed by atoms with Crippen molar-refractivity contribution in [2.24, 2.45) is 5.92 Å². The van der Waals surface area contributed by atoms with Crippen LogP contribution < -0.4 is 0 Å². The third kappa shape index (κ3) is 4.01. The Kier molecular flexibility index (Phi) is 5.45. The van der Waals surface area contributed by atoms with Crippen LogP contribution in [0.4, 0.5) is 0 Å². The van der Waals surface area contributed by atoms with Crippen molar-refractivity contribution in [3.05, 3.63) is 52.7 Å². The molecular weight excluding hydrogens is 374 g/mol. The van der Waals surface area contributed by atoms with Gasteiger partial charge in [0.15, 0.2) is 0 Å². The maximum atomic E-state index is 12.6. The summed E-state index contributed by atoms with van der Waals surface area (Å²) >= 11 is 3.34. The molecule has 1 aliphatic rings. The zero-order chi connectivity index (χ0) is 18.8. The summed E-state index contributed by atoms with van der Waals surface area (Å²) in [5.74, 6) is 1.26. The highest BCUT2D eigenvalue weighted by Gasteiger charge is 2.23. The molecule has 6 heteroatoms. The molecule has 1 aromatic carbocycles. The zero-order valence-corrected chi connectivity index (χ0v) is 17.3. The summed E-state index contributed by atoms with van der Waals surface area (Å²) in [7, 11) is 1.86. The van der Waals surface area contributed by atoms with Crippen molar-refractivity contribution in [3.8, 4) is 0 Å². The van der Waals surface area contributed by atoms with Crippen LogP contribution >= 0.6 is 23.1 Å². The first-order chi connectivity index (χ1) is 13.1. The number of benzene rings is 1. The molecule has 0 aliphatic heterocycles.